The number of para-hydroxylation sites is 2. The summed E-state index contributed by atoms with van der Waals surface area (Å²) < 4.78 is 10.6. The highest BCUT2D eigenvalue weighted by atomic mass is 16.6. The van der Waals surface area contributed by atoms with Crippen LogP contribution in [0.2, 0.25) is 0 Å². The molecule has 0 N–H and O–H groups in total. The Kier molecular flexibility index (Phi) is 3.76. The molecule has 0 saturated carbocycles. The number of benzene rings is 2. The van der Waals surface area contributed by atoms with Crippen LogP contribution < -0.4 is 9.64 Å². The van der Waals surface area contributed by atoms with Crippen molar-refractivity contribution in [1.29, 1.82) is 0 Å². The van der Waals surface area contributed by atoms with Crippen molar-refractivity contribution in [3.05, 3.63) is 48.0 Å². The molecule has 1 aliphatic rings. The van der Waals surface area contributed by atoms with Crippen LogP contribution in [0.25, 0.3) is 11.0 Å². The lowest BCUT2D eigenvalue weighted by Crippen LogP contribution is -2.48. The Labute approximate surface area is 144 Å². The van der Waals surface area contributed by atoms with Crippen LogP contribution in [0, 0.1) is 0 Å². The van der Waals surface area contributed by atoms with Gasteiger partial charge in [-0.2, -0.15) is 0 Å². The molecule has 7 nitrogen and oxygen atoms in total. The number of carbonyl (C=O) groups is 1. The van der Waals surface area contributed by atoms with Crippen molar-refractivity contribution >= 4 is 22.6 Å². The molecule has 0 unspecified atom stereocenters. The van der Waals surface area contributed by atoms with Crippen LogP contribution in [0.1, 0.15) is 5.56 Å². The molecule has 0 radical (unpaired) electrons. The zero-order valence-corrected chi connectivity index (χ0v) is 14.0. The molecule has 3 aromatic rings. The van der Waals surface area contributed by atoms with Crippen molar-refractivity contribution in [2.45, 2.75) is 12.6 Å². The molecule has 4 rings (SSSR count). The number of aromatic nitrogens is 2. The maximum absolute atomic E-state index is 12.8. The zero-order valence-electron chi connectivity index (χ0n) is 14.0. The van der Waals surface area contributed by atoms with Gasteiger partial charge in [0.05, 0.1) is 12.2 Å². The van der Waals surface area contributed by atoms with Gasteiger partial charge in [0.1, 0.15) is 16.8 Å². The fraction of sp³-hybridized carbons (Fsp3) is 0.278. The third kappa shape index (κ3) is 2.88. The lowest BCUT2D eigenvalue weighted by molar-refractivity contribution is -0.137. The van der Waals surface area contributed by atoms with Gasteiger partial charge >= 0.3 is 0 Å². The lowest BCUT2D eigenvalue weighted by atomic mass is 10.1. The number of anilines is 1. The van der Waals surface area contributed by atoms with E-state index in [1.807, 2.05) is 54.4 Å². The highest BCUT2D eigenvalue weighted by molar-refractivity contribution is 5.83. The largest absolute Gasteiger partial charge is 0.477 e. The van der Waals surface area contributed by atoms with E-state index in [1.54, 1.807) is 11.9 Å². The summed E-state index contributed by atoms with van der Waals surface area (Å²) in [7, 11) is 3.74. The number of carbonyl (C=O) groups excluding carboxylic acids is 1. The summed E-state index contributed by atoms with van der Waals surface area (Å²) in [5.74, 6) is 0.679. The van der Waals surface area contributed by atoms with E-state index in [0.717, 1.165) is 17.0 Å². The van der Waals surface area contributed by atoms with Crippen LogP contribution in [0.4, 0.5) is 5.69 Å². The molecule has 0 fully saturated rings. The predicted octanol–water partition coefficient (Wildman–Crippen LogP) is 2.08. The van der Waals surface area contributed by atoms with Crippen molar-refractivity contribution in [3.8, 4) is 5.75 Å². The van der Waals surface area contributed by atoms with E-state index in [9.17, 15) is 4.79 Å². The summed E-state index contributed by atoms with van der Waals surface area (Å²) in [6, 6.07) is 13.4. The molecule has 1 atom stereocenters. The monoisotopic (exact) mass is 338 g/mol. The Morgan fingerprint density at radius 2 is 2.04 bits per heavy atom. The number of likely N-dealkylation sites (N-methyl/N-ethyl adjacent to an activating group) is 2. The van der Waals surface area contributed by atoms with Gasteiger partial charge in [-0.1, -0.05) is 18.2 Å². The molecular weight excluding hydrogens is 320 g/mol. The second kappa shape index (κ2) is 6.08. The molecule has 0 bridgehead atoms. The molecule has 0 spiro atoms. The SMILES string of the molecule is CN(Cc1ccc2nonc2c1)C(=O)[C@H]1CN(C)c2ccccc2O1. The minimum absolute atomic E-state index is 0.0558. The third-order valence-electron chi connectivity index (χ3n) is 4.37. The zero-order chi connectivity index (χ0) is 17.4. The second-order valence-corrected chi connectivity index (χ2v) is 6.24. The topological polar surface area (TPSA) is 71.7 Å². The number of hydrogen-bond donors (Lipinski definition) is 0. The Balaban J connectivity index is 1.48. The van der Waals surface area contributed by atoms with E-state index < -0.39 is 6.10 Å². The number of fused-ring (bicyclic) bond motifs is 2. The Bertz CT molecular complexity index is 923. The summed E-state index contributed by atoms with van der Waals surface area (Å²) >= 11 is 0. The van der Waals surface area contributed by atoms with Crippen LogP contribution >= 0.6 is 0 Å². The van der Waals surface area contributed by atoms with E-state index in [2.05, 4.69) is 10.3 Å². The van der Waals surface area contributed by atoms with Crippen molar-refractivity contribution in [1.82, 2.24) is 15.2 Å². The lowest BCUT2D eigenvalue weighted by Gasteiger charge is -2.34. The summed E-state index contributed by atoms with van der Waals surface area (Å²) in [6.07, 6.45) is -0.526. The van der Waals surface area contributed by atoms with Crippen LogP contribution in [0.3, 0.4) is 0 Å². The van der Waals surface area contributed by atoms with Crippen LogP contribution in [0.5, 0.6) is 5.75 Å². The van der Waals surface area contributed by atoms with E-state index >= 15 is 0 Å². The molecule has 128 valence electrons. The molecular formula is C18H18N4O3. The Morgan fingerprint density at radius 3 is 2.92 bits per heavy atom. The molecule has 1 aliphatic heterocycles. The smallest absolute Gasteiger partial charge is 0.265 e. The number of hydrogen-bond acceptors (Lipinski definition) is 6. The van der Waals surface area contributed by atoms with Crippen LogP contribution in [0.15, 0.2) is 47.1 Å². The van der Waals surface area contributed by atoms with Gasteiger partial charge in [-0.15, -0.1) is 0 Å². The van der Waals surface area contributed by atoms with E-state index in [4.69, 9.17) is 9.37 Å². The van der Waals surface area contributed by atoms with Crippen molar-refractivity contribution < 1.29 is 14.2 Å². The molecule has 2 aromatic carbocycles. The minimum atomic E-state index is -0.526. The van der Waals surface area contributed by atoms with Gasteiger partial charge in [0, 0.05) is 20.6 Å². The molecule has 1 amide bonds. The first-order valence-electron chi connectivity index (χ1n) is 8.05. The second-order valence-electron chi connectivity index (χ2n) is 6.24. The van der Waals surface area contributed by atoms with Crippen LogP contribution in [-0.4, -0.2) is 47.9 Å². The molecule has 2 heterocycles. The third-order valence-corrected chi connectivity index (χ3v) is 4.37. The van der Waals surface area contributed by atoms with Gasteiger partial charge in [-0.25, -0.2) is 4.63 Å². The quantitative estimate of drug-likeness (QED) is 0.728. The van der Waals surface area contributed by atoms with Gasteiger partial charge < -0.3 is 14.5 Å². The highest BCUT2D eigenvalue weighted by Crippen LogP contribution is 2.32. The predicted molar refractivity (Wildman–Crippen MR) is 92.4 cm³/mol. The summed E-state index contributed by atoms with van der Waals surface area (Å²) in [4.78, 5) is 16.5. The first-order chi connectivity index (χ1) is 12.1. The van der Waals surface area contributed by atoms with E-state index in [0.29, 0.717) is 24.1 Å². The fourth-order valence-electron chi connectivity index (χ4n) is 3.06. The standard InChI is InChI=1S/C18H18N4O3/c1-21-11-17(24-16-6-4-3-5-15(16)21)18(23)22(2)10-12-7-8-13-14(9-12)20-25-19-13/h3-9,17H,10-11H2,1-2H3/t17-/m1/s1. The summed E-state index contributed by atoms with van der Waals surface area (Å²) in [6.45, 7) is 0.985. The molecule has 0 saturated heterocycles. The van der Waals surface area contributed by atoms with Crippen molar-refractivity contribution in [2.75, 3.05) is 25.5 Å². The molecule has 25 heavy (non-hydrogen) atoms. The van der Waals surface area contributed by atoms with Gasteiger partial charge in [-0.3, -0.25) is 4.79 Å². The van der Waals surface area contributed by atoms with Gasteiger partial charge in [0.15, 0.2) is 6.10 Å². The average molecular weight is 338 g/mol. The number of rotatable bonds is 3. The van der Waals surface area contributed by atoms with E-state index in [-0.39, 0.29) is 5.91 Å². The summed E-state index contributed by atoms with van der Waals surface area (Å²) in [5.41, 5.74) is 3.34. The number of ether oxygens (including phenoxy) is 1. The Morgan fingerprint density at radius 1 is 1.24 bits per heavy atom. The number of amides is 1. The normalized spacial score (nSPS) is 16.4. The van der Waals surface area contributed by atoms with Gasteiger partial charge in [0.25, 0.3) is 5.91 Å². The molecule has 1 aromatic heterocycles. The number of nitrogens with zero attached hydrogens (tertiary/aromatic N) is 4. The summed E-state index contributed by atoms with van der Waals surface area (Å²) in [5, 5.41) is 7.62. The minimum Gasteiger partial charge on any atom is -0.477 e. The molecule has 7 heteroatoms. The average Bonchev–Trinajstić information content (AvgIpc) is 3.08. The first-order valence-corrected chi connectivity index (χ1v) is 8.05. The van der Waals surface area contributed by atoms with Crippen molar-refractivity contribution in [2.24, 2.45) is 0 Å². The maximum Gasteiger partial charge on any atom is 0.265 e. The van der Waals surface area contributed by atoms with Crippen molar-refractivity contribution in [3.63, 3.8) is 0 Å². The fourth-order valence-corrected chi connectivity index (χ4v) is 3.06. The first kappa shape index (κ1) is 15.4. The van der Waals surface area contributed by atoms with Gasteiger partial charge in [0.2, 0.25) is 0 Å². The van der Waals surface area contributed by atoms with Gasteiger partial charge in [-0.05, 0) is 40.1 Å². The highest BCUT2D eigenvalue weighted by Gasteiger charge is 2.30. The Hall–Kier alpha value is -3.09. The maximum atomic E-state index is 12.8. The van der Waals surface area contributed by atoms with Crippen LogP contribution in [-0.2, 0) is 11.3 Å². The molecule has 0 aliphatic carbocycles. The van der Waals surface area contributed by atoms with E-state index in [1.165, 1.54) is 0 Å².